The fraction of sp³-hybridized carbons (Fsp3) is 0.615. The average Bonchev–Trinajstić information content (AvgIpc) is 2.17. The third kappa shape index (κ3) is 2.71. The molecule has 0 amide bonds. The molecule has 0 saturated carbocycles. The molecule has 1 rings (SSSR count). The number of carbonyl (C=O) groups is 1. The Morgan fingerprint density at radius 2 is 2.47 bits per heavy atom. The van der Waals surface area contributed by atoms with Gasteiger partial charge in [-0.3, -0.25) is 4.79 Å². The SMILES string of the molecule is C=CC1(COC(C)=O)CCC(C)=CC1C. The molecule has 2 atom stereocenters. The van der Waals surface area contributed by atoms with E-state index in [1.165, 1.54) is 12.5 Å². The molecule has 0 radical (unpaired) electrons. The number of esters is 1. The van der Waals surface area contributed by atoms with Crippen molar-refractivity contribution >= 4 is 5.97 Å². The van der Waals surface area contributed by atoms with Crippen LogP contribution in [-0.2, 0) is 9.53 Å². The highest BCUT2D eigenvalue weighted by molar-refractivity contribution is 5.66. The van der Waals surface area contributed by atoms with Gasteiger partial charge in [-0.2, -0.15) is 0 Å². The van der Waals surface area contributed by atoms with Gasteiger partial charge >= 0.3 is 5.97 Å². The quantitative estimate of drug-likeness (QED) is 0.526. The van der Waals surface area contributed by atoms with Crippen LogP contribution in [-0.4, -0.2) is 12.6 Å². The summed E-state index contributed by atoms with van der Waals surface area (Å²) in [6.07, 6.45) is 6.29. The Kier molecular flexibility index (Phi) is 3.72. The maximum Gasteiger partial charge on any atom is 0.302 e. The van der Waals surface area contributed by atoms with Crippen LogP contribution in [0, 0.1) is 11.3 Å². The summed E-state index contributed by atoms with van der Waals surface area (Å²) >= 11 is 0. The Labute approximate surface area is 92.0 Å². The van der Waals surface area contributed by atoms with Gasteiger partial charge in [-0.25, -0.2) is 0 Å². The molecule has 1 aliphatic carbocycles. The first-order valence-electron chi connectivity index (χ1n) is 5.44. The van der Waals surface area contributed by atoms with Crippen LogP contribution in [0.3, 0.4) is 0 Å². The molecule has 15 heavy (non-hydrogen) atoms. The number of allylic oxidation sites excluding steroid dienone is 2. The summed E-state index contributed by atoms with van der Waals surface area (Å²) in [6.45, 7) is 10.1. The van der Waals surface area contributed by atoms with E-state index in [1.54, 1.807) is 0 Å². The lowest BCUT2D eigenvalue weighted by Crippen LogP contribution is -2.34. The Morgan fingerprint density at radius 3 is 2.93 bits per heavy atom. The molecular formula is C13H20O2. The second kappa shape index (κ2) is 4.65. The lowest BCUT2D eigenvalue weighted by Gasteiger charge is -2.38. The Balaban J connectivity index is 2.76. The van der Waals surface area contributed by atoms with Crippen LogP contribution >= 0.6 is 0 Å². The van der Waals surface area contributed by atoms with Crippen molar-refractivity contribution in [3.05, 3.63) is 24.3 Å². The summed E-state index contributed by atoms with van der Waals surface area (Å²) in [5.41, 5.74) is 1.35. The van der Waals surface area contributed by atoms with Crippen molar-refractivity contribution in [2.75, 3.05) is 6.61 Å². The first-order valence-corrected chi connectivity index (χ1v) is 5.44. The van der Waals surface area contributed by atoms with Gasteiger partial charge in [0, 0.05) is 12.3 Å². The highest BCUT2D eigenvalue weighted by Crippen LogP contribution is 2.41. The minimum absolute atomic E-state index is 0.0643. The molecule has 0 aromatic rings. The zero-order valence-corrected chi connectivity index (χ0v) is 9.88. The first-order chi connectivity index (χ1) is 7.00. The van der Waals surface area contributed by atoms with Gasteiger partial charge in [-0.15, -0.1) is 6.58 Å². The number of hydrogen-bond acceptors (Lipinski definition) is 2. The zero-order valence-electron chi connectivity index (χ0n) is 9.88. The number of carbonyl (C=O) groups excluding carboxylic acids is 1. The minimum Gasteiger partial charge on any atom is -0.465 e. The van der Waals surface area contributed by atoms with Crippen LogP contribution in [0.2, 0.25) is 0 Å². The monoisotopic (exact) mass is 208 g/mol. The van der Waals surface area contributed by atoms with E-state index in [9.17, 15) is 4.79 Å². The second-order valence-corrected chi connectivity index (χ2v) is 4.52. The summed E-state index contributed by atoms with van der Waals surface area (Å²) in [5, 5.41) is 0. The van der Waals surface area contributed by atoms with Crippen LogP contribution in [0.15, 0.2) is 24.3 Å². The standard InChI is InChI=1S/C13H20O2/c1-5-13(9-15-12(4)14)7-6-10(2)8-11(13)3/h5,8,11H,1,6-7,9H2,2-4H3. The number of rotatable bonds is 3. The average molecular weight is 208 g/mol. The molecule has 0 aliphatic heterocycles. The number of ether oxygens (including phenoxy) is 1. The molecular weight excluding hydrogens is 188 g/mol. The smallest absolute Gasteiger partial charge is 0.302 e. The van der Waals surface area contributed by atoms with E-state index in [-0.39, 0.29) is 11.4 Å². The van der Waals surface area contributed by atoms with Gasteiger partial charge in [0.05, 0.1) is 0 Å². The van der Waals surface area contributed by atoms with E-state index in [0.717, 1.165) is 12.8 Å². The minimum atomic E-state index is -0.213. The Hall–Kier alpha value is -1.05. The molecule has 0 aromatic heterocycles. The fourth-order valence-corrected chi connectivity index (χ4v) is 2.12. The summed E-state index contributed by atoms with van der Waals surface area (Å²) in [7, 11) is 0. The van der Waals surface area contributed by atoms with Gasteiger partial charge in [-0.05, 0) is 25.7 Å². The third-order valence-electron chi connectivity index (χ3n) is 3.38. The van der Waals surface area contributed by atoms with Crippen LogP contribution < -0.4 is 0 Å². The summed E-state index contributed by atoms with van der Waals surface area (Å²) < 4.78 is 5.14. The van der Waals surface area contributed by atoms with E-state index in [0.29, 0.717) is 12.5 Å². The topological polar surface area (TPSA) is 26.3 Å². The lowest BCUT2D eigenvalue weighted by molar-refractivity contribution is -0.144. The van der Waals surface area contributed by atoms with Gasteiger partial charge in [0.1, 0.15) is 6.61 Å². The molecule has 0 bridgehead atoms. The summed E-state index contributed by atoms with van der Waals surface area (Å²) in [6, 6.07) is 0. The molecule has 84 valence electrons. The van der Waals surface area contributed by atoms with E-state index < -0.39 is 0 Å². The molecule has 2 heteroatoms. The third-order valence-corrected chi connectivity index (χ3v) is 3.38. The van der Waals surface area contributed by atoms with Crippen molar-refractivity contribution in [2.24, 2.45) is 11.3 Å². The molecule has 2 nitrogen and oxygen atoms in total. The van der Waals surface area contributed by atoms with Gasteiger partial charge in [0.2, 0.25) is 0 Å². The van der Waals surface area contributed by atoms with Crippen molar-refractivity contribution in [3.63, 3.8) is 0 Å². The van der Waals surface area contributed by atoms with Gasteiger partial charge in [-0.1, -0.05) is 24.6 Å². The molecule has 1 aliphatic rings. The van der Waals surface area contributed by atoms with E-state index in [4.69, 9.17) is 4.74 Å². The second-order valence-electron chi connectivity index (χ2n) is 4.52. The summed E-state index contributed by atoms with van der Waals surface area (Å²) in [4.78, 5) is 10.8. The van der Waals surface area contributed by atoms with Crippen molar-refractivity contribution in [3.8, 4) is 0 Å². The Bertz CT molecular complexity index is 291. The van der Waals surface area contributed by atoms with Gasteiger partial charge < -0.3 is 4.74 Å². The van der Waals surface area contributed by atoms with Crippen molar-refractivity contribution in [1.82, 2.24) is 0 Å². The molecule has 0 spiro atoms. The normalized spacial score (nSPS) is 30.6. The van der Waals surface area contributed by atoms with Gasteiger partial charge in [0.25, 0.3) is 0 Å². The first kappa shape index (κ1) is 12.0. The molecule has 0 heterocycles. The van der Waals surface area contributed by atoms with Crippen LogP contribution in [0.5, 0.6) is 0 Å². The predicted octanol–water partition coefficient (Wildman–Crippen LogP) is 3.10. The zero-order chi connectivity index (χ0) is 11.5. The lowest BCUT2D eigenvalue weighted by atomic mass is 9.69. The molecule has 0 saturated heterocycles. The number of hydrogen-bond donors (Lipinski definition) is 0. The van der Waals surface area contributed by atoms with Crippen molar-refractivity contribution in [1.29, 1.82) is 0 Å². The molecule has 2 unspecified atom stereocenters. The Morgan fingerprint density at radius 1 is 1.80 bits per heavy atom. The maximum absolute atomic E-state index is 10.8. The highest BCUT2D eigenvalue weighted by Gasteiger charge is 2.35. The fourth-order valence-electron chi connectivity index (χ4n) is 2.12. The van der Waals surface area contributed by atoms with E-state index in [1.807, 2.05) is 6.08 Å². The van der Waals surface area contributed by atoms with E-state index >= 15 is 0 Å². The van der Waals surface area contributed by atoms with Crippen molar-refractivity contribution < 1.29 is 9.53 Å². The van der Waals surface area contributed by atoms with E-state index in [2.05, 4.69) is 26.5 Å². The van der Waals surface area contributed by atoms with Crippen LogP contribution in [0.4, 0.5) is 0 Å². The molecule has 0 aromatic carbocycles. The van der Waals surface area contributed by atoms with Crippen molar-refractivity contribution in [2.45, 2.75) is 33.6 Å². The highest BCUT2D eigenvalue weighted by atomic mass is 16.5. The van der Waals surface area contributed by atoms with Crippen LogP contribution in [0.1, 0.15) is 33.6 Å². The maximum atomic E-state index is 10.8. The summed E-state index contributed by atoms with van der Waals surface area (Å²) in [5.74, 6) is 0.179. The largest absolute Gasteiger partial charge is 0.465 e. The van der Waals surface area contributed by atoms with Crippen LogP contribution in [0.25, 0.3) is 0 Å². The molecule has 0 N–H and O–H groups in total. The predicted molar refractivity (Wildman–Crippen MR) is 61.4 cm³/mol. The van der Waals surface area contributed by atoms with Gasteiger partial charge in [0.15, 0.2) is 0 Å². The molecule has 0 fully saturated rings.